The molecular weight excluding hydrogens is 285 g/mol. The lowest BCUT2D eigenvalue weighted by Crippen LogP contribution is -2.20. The standard InChI is InChI=1S/C6ClF7N2O/c7-1-2(5(9,10)11)15-4(8)16-3(1)17-6(12,13)14. The molecule has 0 amide bonds. The Hall–Kier alpha value is -1.32. The van der Waals surface area contributed by atoms with E-state index in [4.69, 9.17) is 11.6 Å². The highest BCUT2D eigenvalue weighted by Crippen LogP contribution is 2.38. The summed E-state index contributed by atoms with van der Waals surface area (Å²) in [5.41, 5.74) is -2.05. The first-order valence-electron chi connectivity index (χ1n) is 3.56. The third-order valence-corrected chi connectivity index (χ3v) is 1.62. The molecule has 0 spiro atoms. The van der Waals surface area contributed by atoms with Gasteiger partial charge < -0.3 is 4.74 Å². The van der Waals surface area contributed by atoms with Gasteiger partial charge in [-0.1, -0.05) is 11.6 Å². The predicted octanol–water partition coefficient (Wildman–Crippen LogP) is 3.19. The van der Waals surface area contributed by atoms with Crippen LogP contribution in [0.2, 0.25) is 5.02 Å². The molecule has 0 saturated carbocycles. The highest BCUT2D eigenvalue weighted by Gasteiger charge is 2.40. The number of halogens is 8. The lowest BCUT2D eigenvalue weighted by Gasteiger charge is -2.12. The van der Waals surface area contributed by atoms with Gasteiger partial charge in [-0.15, -0.1) is 13.2 Å². The minimum absolute atomic E-state index is 1.57. The number of alkyl halides is 6. The second kappa shape index (κ2) is 4.17. The summed E-state index contributed by atoms with van der Waals surface area (Å²) in [4.78, 5) is 4.63. The van der Waals surface area contributed by atoms with Crippen molar-refractivity contribution in [3.63, 3.8) is 0 Å². The van der Waals surface area contributed by atoms with Gasteiger partial charge in [0.15, 0.2) is 5.69 Å². The average molecular weight is 285 g/mol. The topological polar surface area (TPSA) is 35.0 Å². The van der Waals surface area contributed by atoms with E-state index in [2.05, 4.69) is 14.7 Å². The molecule has 0 unspecified atom stereocenters. The quantitative estimate of drug-likeness (QED) is 0.587. The first kappa shape index (κ1) is 13.7. The summed E-state index contributed by atoms with van der Waals surface area (Å²) in [6, 6.07) is 0. The van der Waals surface area contributed by atoms with E-state index in [0.717, 1.165) is 0 Å². The van der Waals surface area contributed by atoms with Gasteiger partial charge in [0.05, 0.1) is 0 Å². The van der Waals surface area contributed by atoms with Gasteiger partial charge in [-0.25, -0.2) is 0 Å². The van der Waals surface area contributed by atoms with Crippen LogP contribution < -0.4 is 4.74 Å². The zero-order chi connectivity index (χ0) is 13.4. The van der Waals surface area contributed by atoms with E-state index < -0.39 is 35.2 Å². The summed E-state index contributed by atoms with van der Waals surface area (Å²) in [5, 5.41) is -1.57. The molecule has 0 aromatic carbocycles. The Labute approximate surface area is 93.2 Å². The number of hydrogen-bond donors (Lipinski definition) is 0. The van der Waals surface area contributed by atoms with Gasteiger partial charge in [0.25, 0.3) is 0 Å². The Kier molecular flexibility index (Phi) is 3.37. The molecule has 0 aliphatic rings. The number of ether oxygens (including phenoxy) is 1. The maximum absolute atomic E-state index is 12.5. The summed E-state index contributed by atoms with van der Waals surface area (Å²) in [6.45, 7) is 0. The number of rotatable bonds is 1. The van der Waals surface area contributed by atoms with E-state index in [0.29, 0.717) is 0 Å². The van der Waals surface area contributed by atoms with Crippen molar-refractivity contribution in [2.75, 3.05) is 0 Å². The van der Waals surface area contributed by atoms with Crippen molar-refractivity contribution in [1.29, 1.82) is 0 Å². The SMILES string of the molecule is Fc1nc(OC(F)(F)F)c(Cl)c(C(F)(F)F)n1. The van der Waals surface area contributed by atoms with Crippen LogP contribution in [0.15, 0.2) is 0 Å². The second-order valence-electron chi connectivity index (χ2n) is 2.51. The lowest BCUT2D eigenvalue weighted by molar-refractivity contribution is -0.276. The van der Waals surface area contributed by atoms with Crippen LogP contribution in [0.4, 0.5) is 30.7 Å². The second-order valence-corrected chi connectivity index (χ2v) is 2.88. The van der Waals surface area contributed by atoms with Crippen LogP contribution in [0, 0.1) is 6.08 Å². The normalized spacial score (nSPS) is 12.7. The highest BCUT2D eigenvalue weighted by atomic mass is 35.5. The Morgan fingerprint density at radius 2 is 1.53 bits per heavy atom. The zero-order valence-corrected chi connectivity index (χ0v) is 8.08. The van der Waals surface area contributed by atoms with Gasteiger partial charge in [0, 0.05) is 0 Å². The molecule has 96 valence electrons. The average Bonchev–Trinajstić information content (AvgIpc) is 2.06. The summed E-state index contributed by atoms with van der Waals surface area (Å²) >= 11 is 4.93. The Balaban J connectivity index is 3.29. The molecule has 0 fully saturated rings. The zero-order valence-electron chi connectivity index (χ0n) is 7.33. The third-order valence-electron chi connectivity index (χ3n) is 1.27. The van der Waals surface area contributed by atoms with Gasteiger partial charge in [0.1, 0.15) is 5.02 Å². The van der Waals surface area contributed by atoms with Gasteiger partial charge in [0.2, 0.25) is 5.88 Å². The first-order chi connectivity index (χ1) is 7.50. The summed E-state index contributed by atoms with van der Waals surface area (Å²) < 4.78 is 87.2. The van der Waals surface area contributed by atoms with Crippen LogP contribution in [0.5, 0.6) is 5.88 Å². The minimum Gasteiger partial charge on any atom is -0.386 e. The molecule has 1 rings (SSSR count). The molecule has 0 saturated heterocycles. The van der Waals surface area contributed by atoms with Crippen LogP contribution in [0.25, 0.3) is 0 Å². The van der Waals surface area contributed by atoms with Crippen LogP contribution >= 0.6 is 11.6 Å². The van der Waals surface area contributed by atoms with Gasteiger partial charge in [-0.3, -0.25) is 0 Å². The molecule has 0 aliphatic carbocycles. The molecule has 0 bridgehead atoms. The first-order valence-corrected chi connectivity index (χ1v) is 3.94. The lowest BCUT2D eigenvalue weighted by atomic mass is 10.4. The smallest absolute Gasteiger partial charge is 0.386 e. The van der Waals surface area contributed by atoms with E-state index in [1.807, 2.05) is 0 Å². The predicted molar refractivity (Wildman–Crippen MR) is 38.7 cm³/mol. The molecule has 11 heteroatoms. The maximum Gasteiger partial charge on any atom is 0.574 e. The molecular formula is C6ClF7N2O. The molecule has 0 atom stereocenters. The molecule has 1 aromatic heterocycles. The van der Waals surface area contributed by atoms with Crippen molar-refractivity contribution in [2.24, 2.45) is 0 Å². The van der Waals surface area contributed by atoms with Crippen molar-refractivity contribution in [3.05, 3.63) is 16.8 Å². The summed E-state index contributed by atoms with van der Waals surface area (Å²) in [6.07, 6.45) is -12.6. The van der Waals surface area contributed by atoms with Gasteiger partial charge >= 0.3 is 18.6 Å². The minimum atomic E-state index is -5.35. The molecule has 17 heavy (non-hydrogen) atoms. The molecule has 1 heterocycles. The molecule has 3 nitrogen and oxygen atoms in total. The molecule has 0 radical (unpaired) electrons. The molecule has 0 N–H and O–H groups in total. The number of hydrogen-bond acceptors (Lipinski definition) is 3. The third kappa shape index (κ3) is 3.58. The summed E-state index contributed by atoms with van der Waals surface area (Å²) in [5.74, 6) is -1.75. The van der Waals surface area contributed by atoms with Crippen molar-refractivity contribution in [2.45, 2.75) is 12.5 Å². The Morgan fingerprint density at radius 1 is 1.00 bits per heavy atom. The van der Waals surface area contributed by atoms with E-state index >= 15 is 0 Å². The summed E-state index contributed by atoms with van der Waals surface area (Å²) in [7, 11) is 0. The van der Waals surface area contributed by atoms with E-state index in [-0.39, 0.29) is 0 Å². The van der Waals surface area contributed by atoms with E-state index in [1.54, 1.807) is 0 Å². The highest BCUT2D eigenvalue weighted by molar-refractivity contribution is 6.32. The Morgan fingerprint density at radius 3 is 1.94 bits per heavy atom. The Bertz CT molecular complexity index is 430. The van der Waals surface area contributed by atoms with Crippen molar-refractivity contribution >= 4 is 11.6 Å². The molecule has 1 aromatic rings. The monoisotopic (exact) mass is 284 g/mol. The van der Waals surface area contributed by atoms with Crippen molar-refractivity contribution in [1.82, 2.24) is 9.97 Å². The molecule has 0 aliphatic heterocycles. The van der Waals surface area contributed by atoms with Crippen LogP contribution in [0.3, 0.4) is 0 Å². The van der Waals surface area contributed by atoms with Crippen molar-refractivity contribution < 1.29 is 35.5 Å². The van der Waals surface area contributed by atoms with E-state index in [9.17, 15) is 30.7 Å². The largest absolute Gasteiger partial charge is 0.574 e. The van der Waals surface area contributed by atoms with Crippen LogP contribution in [-0.2, 0) is 6.18 Å². The van der Waals surface area contributed by atoms with Gasteiger partial charge in [-0.05, 0) is 0 Å². The number of nitrogens with zero attached hydrogens (tertiary/aromatic N) is 2. The van der Waals surface area contributed by atoms with Crippen molar-refractivity contribution in [3.8, 4) is 5.88 Å². The van der Waals surface area contributed by atoms with Crippen LogP contribution in [-0.4, -0.2) is 16.3 Å². The fourth-order valence-electron chi connectivity index (χ4n) is 0.766. The fraction of sp³-hybridized carbons (Fsp3) is 0.333. The van der Waals surface area contributed by atoms with Gasteiger partial charge in [-0.2, -0.15) is 27.5 Å². The fourth-order valence-corrected chi connectivity index (χ4v) is 0.996. The number of aromatic nitrogens is 2. The maximum atomic E-state index is 12.5. The van der Waals surface area contributed by atoms with Crippen LogP contribution in [0.1, 0.15) is 5.69 Å². The van der Waals surface area contributed by atoms with E-state index in [1.165, 1.54) is 0 Å².